The standard InChI is InChI=1S/C11H11N3O/c1-14-9-5-3-2-4-8(9)13-10(14)11-12-6-7-15-11/h2-5H,6-7H2,1H3. The van der Waals surface area contributed by atoms with Crippen molar-refractivity contribution < 1.29 is 4.74 Å². The summed E-state index contributed by atoms with van der Waals surface area (Å²) in [6.45, 7) is 1.40. The number of fused-ring (bicyclic) bond motifs is 1. The van der Waals surface area contributed by atoms with Crippen LogP contribution in [0.4, 0.5) is 0 Å². The Morgan fingerprint density at radius 1 is 1.33 bits per heavy atom. The highest BCUT2D eigenvalue weighted by Gasteiger charge is 2.17. The number of para-hydroxylation sites is 2. The second-order valence-electron chi connectivity index (χ2n) is 3.52. The Kier molecular flexibility index (Phi) is 1.74. The van der Waals surface area contributed by atoms with E-state index in [1.165, 1.54) is 0 Å². The zero-order chi connectivity index (χ0) is 10.3. The van der Waals surface area contributed by atoms with Crippen LogP contribution in [0.1, 0.15) is 5.82 Å². The van der Waals surface area contributed by atoms with Crippen LogP contribution in [-0.2, 0) is 11.8 Å². The maximum absolute atomic E-state index is 5.42. The van der Waals surface area contributed by atoms with Gasteiger partial charge in [-0.3, -0.25) is 0 Å². The number of aryl methyl sites for hydroxylation is 1. The van der Waals surface area contributed by atoms with E-state index in [-0.39, 0.29) is 0 Å². The van der Waals surface area contributed by atoms with Gasteiger partial charge in [0, 0.05) is 7.05 Å². The molecule has 0 saturated heterocycles. The zero-order valence-electron chi connectivity index (χ0n) is 8.47. The fourth-order valence-corrected chi connectivity index (χ4v) is 1.81. The fourth-order valence-electron chi connectivity index (χ4n) is 1.81. The minimum absolute atomic E-state index is 0.661. The highest BCUT2D eigenvalue weighted by molar-refractivity contribution is 5.95. The smallest absolute Gasteiger partial charge is 0.253 e. The number of benzene rings is 1. The van der Waals surface area contributed by atoms with Gasteiger partial charge < -0.3 is 9.30 Å². The van der Waals surface area contributed by atoms with Crippen molar-refractivity contribution in [2.24, 2.45) is 12.0 Å². The molecule has 15 heavy (non-hydrogen) atoms. The number of hydrogen-bond donors (Lipinski definition) is 0. The van der Waals surface area contributed by atoms with Gasteiger partial charge in [-0.05, 0) is 12.1 Å². The molecule has 0 radical (unpaired) electrons. The van der Waals surface area contributed by atoms with Gasteiger partial charge in [-0.15, -0.1) is 0 Å². The molecule has 1 aromatic carbocycles. The molecule has 1 aliphatic heterocycles. The average Bonchev–Trinajstić information content (AvgIpc) is 2.87. The van der Waals surface area contributed by atoms with E-state index in [4.69, 9.17) is 4.74 Å². The summed E-state index contributed by atoms with van der Waals surface area (Å²) in [5.41, 5.74) is 2.08. The Bertz CT molecular complexity index is 542. The second kappa shape index (κ2) is 3.08. The van der Waals surface area contributed by atoms with Crippen molar-refractivity contribution in [2.75, 3.05) is 13.2 Å². The maximum Gasteiger partial charge on any atom is 0.253 e. The lowest BCUT2D eigenvalue weighted by Gasteiger charge is -2.01. The third kappa shape index (κ3) is 1.21. The molecule has 2 aromatic rings. The lowest BCUT2D eigenvalue weighted by Crippen LogP contribution is -2.08. The molecule has 1 aliphatic rings. The lowest BCUT2D eigenvalue weighted by atomic mass is 10.3. The van der Waals surface area contributed by atoms with E-state index in [1.54, 1.807) is 0 Å². The van der Waals surface area contributed by atoms with Crippen molar-refractivity contribution in [2.45, 2.75) is 0 Å². The minimum atomic E-state index is 0.661. The highest BCUT2D eigenvalue weighted by Crippen LogP contribution is 2.16. The van der Waals surface area contributed by atoms with Gasteiger partial charge in [0.2, 0.25) is 0 Å². The van der Waals surface area contributed by atoms with Crippen LogP contribution >= 0.6 is 0 Å². The SMILES string of the molecule is Cn1c(C2=NCCO2)nc2ccccc21. The van der Waals surface area contributed by atoms with Gasteiger partial charge in [-0.1, -0.05) is 12.1 Å². The quantitative estimate of drug-likeness (QED) is 0.698. The summed E-state index contributed by atoms with van der Waals surface area (Å²) < 4.78 is 7.43. The predicted molar refractivity (Wildman–Crippen MR) is 58.1 cm³/mol. The number of rotatable bonds is 1. The van der Waals surface area contributed by atoms with E-state index < -0.39 is 0 Å². The molecule has 0 N–H and O–H groups in total. The molecule has 0 fully saturated rings. The Morgan fingerprint density at radius 3 is 2.93 bits per heavy atom. The number of ether oxygens (including phenoxy) is 1. The Morgan fingerprint density at radius 2 is 2.20 bits per heavy atom. The number of aliphatic imine (C=N–C) groups is 1. The third-order valence-corrected chi connectivity index (χ3v) is 2.56. The summed E-state index contributed by atoms with van der Waals surface area (Å²) >= 11 is 0. The van der Waals surface area contributed by atoms with Gasteiger partial charge in [0.25, 0.3) is 5.90 Å². The van der Waals surface area contributed by atoms with E-state index in [0.717, 1.165) is 23.4 Å². The molecule has 1 aromatic heterocycles. The number of aromatic nitrogens is 2. The van der Waals surface area contributed by atoms with Crippen LogP contribution in [0, 0.1) is 0 Å². The topological polar surface area (TPSA) is 39.4 Å². The monoisotopic (exact) mass is 201 g/mol. The molecule has 2 heterocycles. The molecule has 0 spiro atoms. The Hall–Kier alpha value is -1.84. The van der Waals surface area contributed by atoms with Gasteiger partial charge in [-0.25, -0.2) is 9.98 Å². The largest absolute Gasteiger partial charge is 0.473 e. The van der Waals surface area contributed by atoms with Crippen LogP contribution in [0.2, 0.25) is 0 Å². The maximum atomic E-state index is 5.42. The highest BCUT2D eigenvalue weighted by atomic mass is 16.5. The molecule has 4 nitrogen and oxygen atoms in total. The van der Waals surface area contributed by atoms with Crippen LogP contribution in [0.25, 0.3) is 11.0 Å². The molecular formula is C11H11N3O. The molecule has 0 aliphatic carbocycles. The first-order chi connectivity index (χ1) is 7.36. The van der Waals surface area contributed by atoms with Crippen molar-refractivity contribution >= 4 is 16.9 Å². The summed E-state index contributed by atoms with van der Waals surface area (Å²) in [5.74, 6) is 1.47. The van der Waals surface area contributed by atoms with Gasteiger partial charge in [-0.2, -0.15) is 0 Å². The van der Waals surface area contributed by atoms with Crippen LogP contribution in [-0.4, -0.2) is 28.6 Å². The van der Waals surface area contributed by atoms with Gasteiger partial charge in [0.15, 0.2) is 5.82 Å². The molecule has 3 rings (SSSR count). The average molecular weight is 201 g/mol. The van der Waals surface area contributed by atoms with Gasteiger partial charge in [0.05, 0.1) is 17.6 Å². The lowest BCUT2D eigenvalue weighted by molar-refractivity contribution is 0.345. The normalized spacial score (nSPS) is 15.4. The predicted octanol–water partition coefficient (Wildman–Crippen LogP) is 1.35. The first-order valence-corrected chi connectivity index (χ1v) is 4.95. The molecule has 0 atom stereocenters. The van der Waals surface area contributed by atoms with E-state index in [0.29, 0.717) is 12.5 Å². The summed E-state index contributed by atoms with van der Waals surface area (Å²) in [6.07, 6.45) is 0. The summed E-state index contributed by atoms with van der Waals surface area (Å²) in [6, 6.07) is 8.03. The van der Waals surface area contributed by atoms with Crippen LogP contribution in [0.15, 0.2) is 29.3 Å². The molecular weight excluding hydrogens is 190 g/mol. The Labute approximate surface area is 87.2 Å². The van der Waals surface area contributed by atoms with Gasteiger partial charge >= 0.3 is 0 Å². The van der Waals surface area contributed by atoms with Crippen LogP contribution in [0.5, 0.6) is 0 Å². The summed E-state index contributed by atoms with van der Waals surface area (Å²) in [4.78, 5) is 8.77. The molecule has 0 unspecified atom stereocenters. The van der Waals surface area contributed by atoms with Crippen LogP contribution in [0.3, 0.4) is 0 Å². The third-order valence-electron chi connectivity index (χ3n) is 2.56. The minimum Gasteiger partial charge on any atom is -0.473 e. The number of nitrogens with zero attached hydrogens (tertiary/aromatic N) is 3. The first-order valence-electron chi connectivity index (χ1n) is 4.95. The van der Waals surface area contributed by atoms with E-state index in [2.05, 4.69) is 9.98 Å². The first kappa shape index (κ1) is 8.47. The Balaban J connectivity index is 2.23. The van der Waals surface area contributed by atoms with Crippen LogP contribution < -0.4 is 0 Å². The summed E-state index contributed by atoms with van der Waals surface area (Å²) in [5, 5.41) is 0. The van der Waals surface area contributed by atoms with Gasteiger partial charge in [0.1, 0.15) is 6.61 Å². The van der Waals surface area contributed by atoms with Crippen molar-refractivity contribution in [1.29, 1.82) is 0 Å². The zero-order valence-corrected chi connectivity index (χ0v) is 8.47. The molecule has 0 saturated carbocycles. The van der Waals surface area contributed by atoms with E-state index in [1.807, 2.05) is 35.9 Å². The van der Waals surface area contributed by atoms with E-state index in [9.17, 15) is 0 Å². The van der Waals surface area contributed by atoms with Crippen molar-refractivity contribution in [1.82, 2.24) is 9.55 Å². The van der Waals surface area contributed by atoms with Crippen molar-refractivity contribution in [3.05, 3.63) is 30.1 Å². The second-order valence-corrected chi connectivity index (χ2v) is 3.52. The van der Waals surface area contributed by atoms with Crippen molar-refractivity contribution in [3.8, 4) is 0 Å². The molecule has 0 amide bonds. The van der Waals surface area contributed by atoms with E-state index >= 15 is 0 Å². The van der Waals surface area contributed by atoms with Crippen molar-refractivity contribution in [3.63, 3.8) is 0 Å². The fraction of sp³-hybridized carbons (Fsp3) is 0.273. The number of imidazole rings is 1. The molecule has 4 heteroatoms. The summed E-state index contributed by atoms with van der Waals surface area (Å²) in [7, 11) is 1.98. The number of hydrogen-bond acceptors (Lipinski definition) is 3. The molecule has 76 valence electrons. The molecule has 0 bridgehead atoms.